The van der Waals surface area contributed by atoms with Crippen LogP contribution in [0.2, 0.25) is 0 Å². The maximum absolute atomic E-state index is 11.5. The van der Waals surface area contributed by atoms with Gasteiger partial charge in [-0.1, -0.05) is 30.0 Å². The zero-order valence-corrected chi connectivity index (χ0v) is 10.8. The molecule has 19 heavy (non-hydrogen) atoms. The summed E-state index contributed by atoms with van der Waals surface area (Å²) in [6.45, 7) is 0.307. The van der Waals surface area contributed by atoms with Gasteiger partial charge in [0.2, 0.25) is 5.91 Å². The van der Waals surface area contributed by atoms with Gasteiger partial charge in [0.25, 0.3) is 5.24 Å². The van der Waals surface area contributed by atoms with E-state index in [9.17, 15) is 14.7 Å². The van der Waals surface area contributed by atoms with E-state index in [4.69, 9.17) is 0 Å². The maximum Gasteiger partial charge on any atom is 0.289 e. The molecule has 3 rings (SSSR count). The molecule has 0 atom stereocenters. The van der Waals surface area contributed by atoms with E-state index >= 15 is 0 Å². The number of benzene rings is 2. The molecule has 4 nitrogen and oxygen atoms in total. The fourth-order valence-electron chi connectivity index (χ4n) is 2.10. The van der Waals surface area contributed by atoms with Gasteiger partial charge >= 0.3 is 0 Å². The van der Waals surface area contributed by atoms with Crippen LogP contribution in [0.5, 0.6) is 5.75 Å². The lowest BCUT2D eigenvalue weighted by atomic mass is 10.1. The minimum atomic E-state index is -0.184. The number of hydrogen-bond acceptors (Lipinski definition) is 4. The molecule has 0 radical (unpaired) electrons. The van der Waals surface area contributed by atoms with Crippen molar-refractivity contribution in [1.82, 2.24) is 4.90 Å². The number of phenols is 1. The number of nitrogens with zero attached hydrogens (tertiary/aromatic N) is 1. The van der Waals surface area contributed by atoms with Gasteiger partial charge in [-0.2, -0.15) is 0 Å². The van der Waals surface area contributed by atoms with Crippen molar-refractivity contribution in [3.8, 4) is 5.75 Å². The molecule has 0 saturated carbocycles. The summed E-state index contributed by atoms with van der Waals surface area (Å²) in [6.07, 6.45) is 0. The quantitative estimate of drug-likeness (QED) is 0.914. The second kappa shape index (κ2) is 4.59. The molecule has 1 aliphatic rings. The van der Waals surface area contributed by atoms with Crippen LogP contribution >= 0.6 is 11.8 Å². The minimum Gasteiger partial charge on any atom is -0.508 e. The van der Waals surface area contributed by atoms with Crippen LogP contribution in [0.15, 0.2) is 36.4 Å². The molecule has 1 saturated heterocycles. The fourth-order valence-corrected chi connectivity index (χ4v) is 2.82. The van der Waals surface area contributed by atoms with E-state index in [0.29, 0.717) is 6.54 Å². The summed E-state index contributed by atoms with van der Waals surface area (Å²) in [4.78, 5) is 24.4. The Hall–Kier alpha value is -2.01. The Labute approximate surface area is 114 Å². The number of carbonyl (C=O) groups excluding carboxylic acids is 2. The summed E-state index contributed by atoms with van der Waals surface area (Å²) >= 11 is 1.04. The lowest BCUT2D eigenvalue weighted by Gasteiger charge is -2.13. The van der Waals surface area contributed by atoms with Crippen LogP contribution in [-0.2, 0) is 11.3 Å². The summed E-state index contributed by atoms with van der Waals surface area (Å²) in [6, 6.07) is 10.8. The van der Waals surface area contributed by atoms with E-state index in [1.165, 1.54) is 4.90 Å². The number of carbonyl (C=O) groups is 2. The molecule has 0 aromatic heterocycles. The Morgan fingerprint density at radius 3 is 2.58 bits per heavy atom. The molecule has 2 aromatic rings. The number of fused-ring (bicyclic) bond motifs is 1. The Balaban J connectivity index is 1.91. The lowest BCUT2D eigenvalue weighted by molar-refractivity contribution is -0.125. The third-order valence-corrected chi connectivity index (χ3v) is 3.93. The Kier molecular flexibility index (Phi) is 2.91. The van der Waals surface area contributed by atoms with Gasteiger partial charge in [-0.3, -0.25) is 14.5 Å². The molecule has 5 heteroatoms. The van der Waals surface area contributed by atoms with Crippen molar-refractivity contribution in [2.24, 2.45) is 0 Å². The Morgan fingerprint density at radius 1 is 1.11 bits per heavy atom. The molecule has 0 unspecified atom stereocenters. The van der Waals surface area contributed by atoms with E-state index in [-0.39, 0.29) is 22.6 Å². The predicted molar refractivity (Wildman–Crippen MR) is 74.0 cm³/mol. The largest absolute Gasteiger partial charge is 0.508 e. The normalized spacial score (nSPS) is 15.5. The Bertz CT molecular complexity index is 667. The van der Waals surface area contributed by atoms with Crippen molar-refractivity contribution < 1.29 is 14.7 Å². The first-order valence-electron chi connectivity index (χ1n) is 5.82. The first kappa shape index (κ1) is 12.0. The van der Waals surface area contributed by atoms with Crippen molar-refractivity contribution in [2.45, 2.75) is 6.54 Å². The molecule has 1 aliphatic heterocycles. The van der Waals surface area contributed by atoms with Gasteiger partial charge in [0.15, 0.2) is 0 Å². The van der Waals surface area contributed by atoms with Gasteiger partial charge in [0.1, 0.15) is 5.75 Å². The molecule has 96 valence electrons. The summed E-state index contributed by atoms with van der Waals surface area (Å²) in [7, 11) is 0. The van der Waals surface area contributed by atoms with Gasteiger partial charge in [-0.05, 0) is 34.5 Å². The van der Waals surface area contributed by atoms with E-state index in [1.807, 2.05) is 24.3 Å². The van der Waals surface area contributed by atoms with E-state index in [2.05, 4.69) is 0 Å². The van der Waals surface area contributed by atoms with Crippen LogP contribution in [0.4, 0.5) is 4.79 Å². The predicted octanol–water partition coefficient (Wildman–Crippen LogP) is 2.74. The van der Waals surface area contributed by atoms with E-state index < -0.39 is 0 Å². The number of thioether (sulfide) groups is 1. The van der Waals surface area contributed by atoms with Crippen LogP contribution in [-0.4, -0.2) is 26.9 Å². The monoisotopic (exact) mass is 273 g/mol. The average Bonchev–Trinajstić information content (AvgIpc) is 2.71. The molecule has 2 aromatic carbocycles. The molecule has 0 spiro atoms. The van der Waals surface area contributed by atoms with Crippen LogP contribution in [0.3, 0.4) is 0 Å². The second-order valence-electron chi connectivity index (χ2n) is 4.40. The van der Waals surface area contributed by atoms with Crippen LogP contribution in [0.25, 0.3) is 10.8 Å². The zero-order chi connectivity index (χ0) is 13.4. The van der Waals surface area contributed by atoms with Gasteiger partial charge in [0.05, 0.1) is 12.3 Å². The molecule has 0 aliphatic carbocycles. The molecule has 1 N–H and O–H groups in total. The smallest absolute Gasteiger partial charge is 0.289 e. The highest BCUT2D eigenvalue weighted by molar-refractivity contribution is 8.14. The van der Waals surface area contributed by atoms with E-state index in [0.717, 1.165) is 28.1 Å². The minimum absolute atomic E-state index is 0.138. The van der Waals surface area contributed by atoms with Gasteiger partial charge in [0, 0.05) is 0 Å². The summed E-state index contributed by atoms with van der Waals surface area (Å²) in [5.41, 5.74) is 0.905. The highest BCUT2D eigenvalue weighted by Gasteiger charge is 2.29. The number of phenolic OH excluding ortho intramolecular Hbond substituents is 1. The number of hydrogen-bond donors (Lipinski definition) is 1. The first-order valence-corrected chi connectivity index (χ1v) is 6.81. The SMILES string of the molecule is O=C1CSC(=O)N1Cc1ccc2cc(O)ccc2c1. The fraction of sp³-hybridized carbons (Fsp3) is 0.143. The maximum atomic E-state index is 11.5. The first-order chi connectivity index (χ1) is 9.13. The van der Waals surface area contributed by atoms with Crippen molar-refractivity contribution in [3.05, 3.63) is 42.0 Å². The topological polar surface area (TPSA) is 57.6 Å². The van der Waals surface area contributed by atoms with Crippen molar-refractivity contribution in [1.29, 1.82) is 0 Å². The lowest BCUT2D eigenvalue weighted by Crippen LogP contribution is -2.27. The number of rotatable bonds is 2. The van der Waals surface area contributed by atoms with Gasteiger partial charge < -0.3 is 5.11 Å². The van der Waals surface area contributed by atoms with Crippen molar-refractivity contribution in [3.63, 3.8) is 0 Å². The second-order valence-corrected chi connectivity index (χ2v) is 5.33. The van der Waals surface area contributed by atoms with Crippen LogP contribution < -0.4 is 0 Å². The van der Waals surface area contributed by atoms with Gasteiger partial charge in [-0.15, -0.1) is 0 Å². The third kappa shape index (κ3) is 2.29. The van der Waals surface area contributed by atoms with Gasteiger partial charge in [-0.25, -0.2) is 0 Å². The molecule has 2 amide bonds. The number of aromatic hydroxyl groups is 1. The van der Waals surface area contributed by atoms with Crippen molar-refractivity contribution >= 4 is 33.7 Å². The third-order valence-electron chi connectivity index (χ3n) is 3.07. The summed E-state index contributed by atoms with van der Waals surface area (Å²) < 4.78 is 0. The van der Waals surface area contributed by atoms with Crippen molar-refractivity contribution in [2.75, 3.05) is 5.75 Å². The molecule has 1 fully saturated rings. The van der Waals surface area contributed by atoms with Crippen LogP contribution in [0.1, 0.15) is 5.56 Å². The molecular formula is C14H11NO3S. The molecule has 1 heterocycles. The zero-order valence-electron chi connectivity index (χ0n) is 10.00. The highest BCUT2D eigenvalue weighted by Crippen LogP contribution is 2.24. The number of imide groups is 1. The average molecular weight is 273 g/mol. The summed E-state index contributed by atoms with van der Waals surface area (Å²) in [5, 5.41) is 11.1. The highest BCUT2D eigenvalue weighted by atomic mass is 32.2. The number of amides is 2. The molecule has 0 bridgehead atoms. The van der Waals surface area contributed by atoms with E-state index in [1.54, 1.807) is 12.1 Å². The standard InChI is InChI=1S/C14H11NO3S/c16-12-4-3-10-5-9(1-2-11(10)6-12)7-15-13(17)8-19-14(15)18/h1-6,16H,7-8H2. The summed E-state index contributed by atoms with van der Waals surface area (Å²) in [5.74, 6) is 0.322. The molecular weight excluding hydrogens is 262 g/mol. The Morgan fingerprint density at radius 2 is 1.84 bits per heavy atom. The van der Waals surface area contributed by atoms with Crippen LogP contribution in [0, 0.1) is 0 Å².